The van der Waals surface area contributed by atoms with Gasteiger partial charge in [0.2, 0.25) is 5.91 Å². The number of hydrogen-bond acceptors (Lipinski definition) is 6. The Morgan fingerprint density at radius 2 is 1.13 bits per heavy atom. The summed E-state index contributed by atoms with van der Waals surface area (Å²) in [4.78, 5) is 22.5. The van der Waals surface area contributed by atoms with Crippen molar-refractivity contribution in [3.63, 3.8) is 0 Å². The molecule has 0 saturated carbocycles. The molecule has 0 radical (unpaired) electrons. The fraction of sp³-hybridized carbons (Fsp3) is 0.917. The Labute approximate surface area is 277 Å². The molecule has 8 nitrogen and oxygen atoms in total. The molecule has 0 heterocycles. The van der Waals surface area contributed by atoms with Gasteiger partial charge in [0.1, 0.15) is 0 Å². The fourth-order valence-electron chi connectivity index (χ4n) is 5.48. The molecule has 268 valence electrons. The van der Waals surface area contributed by atoms with Crippen LogP contribution in [0.3, 0.4) is 0 Å². The summed E-state index contributed by atoms with van der Waals surface area (Å²) < 4.78 is 22.0. The first-order valence-electron chi connectivity index (χ1n) is 18.8. The van der Waals surface area contributed by atoms with E-state index < -0.39 is 20.0 Å². The largest absolute Gasteiger partial charge is 0.472 e. The molecule has 5 N–H and O–H groups in total. The van der Waals surface area contributed by atoms with Gasteiger partial charge in [0.15, 0.2) is 0 Å². The van der Waals surface area contributed by atoms with E-state index in [1.54, 1.807) is 6.08 Å². The normalized spacial score (nSPS) is 14.5. The van der Waals surface area contributed by atoms with Crippen molar-refractivity contribution in [3.05, 3.63) is 12.2 Å². The van der Waals surface area contributed by atoms with E-state index in [1.807, 2.05) is 6.08 Å². The van der Waals surface area contributed by atoms with Crippen LogP contribution in [-0.4, -0.2) is 47.8 Å². The van der Waals surface area contributed by atoms with Crippen molar-refractivity contribution in [2.45, 2.75) is 193 Å². The van der Waals surface area contributed by atoms with E-state index in [2.05, 4.69) is 19.2 Å². The Morgan fingerprint density at radius 1 is 0.711 bits per heavy atom. The minimum Gasteiger partial charge on any atom is -0.387 e. The molecule has 1 amide bonds. The summed E-state index contributed by atoms with van der Waals surface area (Å²) in [6.45, 7) is 4.12. The maximum Gasteiger partial charge on any atom is 0.472 e. The summed E-state index contributed by atoms with van der Waals surface area (Å²) in [5.41, 5.74) is 5.35. The third-order valence-corrected chi connectivity index (χ3v) is 9.35. The van der Waals surface area contributed by atoms with Crippen LogP contribution in [0.15, 0.2) is 12.2 Å². The van der Waals surface area contributed by atoms with Gasteiger partial charge in [-0.3, -0.25) is 13.8 Å². The molecule has 0 bridgehead atoms. The average Bonchev–Trinajstić information content (AvgIpc) is 3.02. The number of amides is 1. The van der Waals surface area contributed by atoms with Gasteiger partial charge in [-0.1, -0.05) is 167 Å². The molecule has 1 unspecified atom stereocenters. The average molecular weight is 661 g/mol. The highest BCUT2D eigenvalue weighted by Crippen LogP contribution is 2.43. The quantitative estimate of drug-likeness (QED) is 0.0302. The van der Waals surface area contributed by atoms with Crippen molar-refractivity contribution in [1.82, 2.24) is 5.32 Å². The van der Waals surface area contributed by atoms with E-state index >= 15 is 0 Å². The Bertz CT molecular complexity index is 724. The molecular weight excluding hydrogens is 587 g/mol. The number of hydrogen-bond donors (Lipinski definition) is 4. The molecule has 0 aliphatic carbocycles. The van der Waals surface area contributed by atoms with Gasteiger partial charge in [0.25, 0.3) is 0 Å². The van der Waals surface area contributed by atoms with Crippen LogP contribution in [0.25, 0.3) is 0 Å². The molecule has 45 heavy (non-hydrogen) atoms. The van der Waals surface area contributed by atoms with Gasteiger partial charge in [-0.25, -0.2) is 4.57 Å². The molecule has 0 rings (SSSR count). The Hall–Kier alpha value is -0.760. The highest BCUT2D eigenvalue weighted by atomic mass is 31.2. The lowest BCUT2D eigenvalue weighted by Crippen LogP contribution is -2.45. The monoisotopic (exact) mass is 661 g/mol. The number of phosphoric acid groups is 1. The first-order chi connectivity index (χ1) is 21.9. The molecule has 0 aliphatic heterocycles. The fourth-order valence-corrected chi connectivity index (χ4v) is 6.24. The minimum atomic E-state index is -4.32. The van der Waals surface area contributed by atoms with Crippen LogP contribution >= 0.6 is 7.82 Å². The van der Waals surface area contributed by atoms with Crippen molar-refractivity contribution < 1.29 is 28.4 Å². The highest BCUT2D eigenvalue weighted by Gasteiger charge is 2.26. The van der Waals surface area contributed by atoms with Crippen molar-refractivity contribution in [1.29, 1.82) is 0 Å². The number of aliphatic hydroxyl groups is 1. The molecule has 3 atom stereocenters. The Kier molecular flexibility index (Phi) is 32.6. The second-order valence-corrected chi connectivity index (χ2v) is 14.2. The molecule has 0 fully saturated rings. The van der Waals surface area contributed by atoms with Gasteiger partial charge >= 0.3 is 7.82 Å². The predicted octanol–water partition coefficient (Wildman–Crippen LogP) is 9.66. The van der Waals surface area contributed by atoms with Crippen LogP contribution in [0.2, 0.25) is 0 Å². The van der Waals surface area contributed by atoms with E-state index in [9.17, 15) is 19.4 Å². The van der Waals surface area contributed by atoms with Crippen molar-refractivity contribution >= 4 is 13.7 Å². The molecule has 0 spiro atoms. The number of allylic oxidation sites excluding steroid dienone is 1. The Balaban J connectivity index is 4.27. The van der Waals surface area contributed by atoms with Gasteiger partial charge in [-0.2, -0.15) is 0 Å². The van der Waals surface area contributed by atoms with Crippen molar-refractivity contribution in [3.8, 4) is 0 Å². The molecular formula is C36H73N2O6P. The van der Waals surface area contributed by atoms with Gasteiger partial charge in [-0.05, 0) is 19.3 Å². The summed E-state index contributed by atoms with van der Waals surface area (Å²) in [5.74, 6) is -0.194. The molecule has 0 aromatic rings. The number of carbonyl (C=O) groups excluding carboxylic acids is 1. The maximum atomic E-state index is 12.7. The van der Waals surface area contributed by atoms with Crippen LogP contribution in [0.4, 0.5) is 0 Å². The van der Waals surface area contributed by atoms with Crippen LogP contribution in [-0.2, 0) is 18.4 Å². The van der Waals surface area contributed by atoms with Crippen molar-refractivity contribution in [2.24, 2.45) is 5.73 Å². The van der Waals surface area contributed by atoms with E-state index in [4.69, 9.17) is 14.8 Å². The minimum absolute atomic E-state index is 0.0809. The third kappa shape index (κ3) is 31.6. The van der Waals surface area contributed by atoms with E-state index in [0.29, 0.717) is 6.42 Å². The second-order valence-electron chi connectivity index (χ2n) is 12.8. The van der Waals surface area contributed by atoms with Gasteiger partial charge in [0, 0.05) is 13.0 Å². The number of nitrogens with one attached hydrogen (secondary N) is 1. The molecule has 0 aromatic heterocycles. The summed E-state index contributed by atoms with van der Waals surface area (Å²) >= 11 is 0. The summed E-state index contributed by atoms with van der Waals surface area (Å²) in [6.07, 6.45) is 33.9. The lowest BCUT2D eigenvalue weighted by molar-refractivity contribution is -0.123. The van der Waals surface area contributed by atoms with Gasteiger partial charge < -0.3 is 21.1 Å². The van der Waals surface area contributed by atoms with E-state index in [1.165, 1.54) is 122 Å². The standard InChI is InChI=1S/C36H73N2O6P/c1-3-5-7-9-11-13-15-16-17-18-20-22-24-26-28-30-36(40)38-34(33-44-45(41,42)43-32-31-37)35(39)29-27-25-23-21-19-14-12-10-8-6-4-2/h27,29,34-35,39H,3-26,28,30-33,37H2,1-2H3,(H,38,40)(H,41,42)/b29-27+/t34-,35+/m0/s1. The van der Waals surface area contributed by atoms with E-state index in [-0.39, 0.29) is 25.7 Å². The number of carbonyl (C=O) groups is 1. The maximum absolute atomic E-state index is 12.7. The van der Waals surface area contributed by atoms with Gasteiger partial charge in [-0.15, -0.1) is 0 Å². The number of nitrogens with two attached hydrogens (primary N) is 1. The highest BCUT2D eigenvalue weighted by molar-refractivity contribution is 7.47. The zero-order chi connectivity index (χ0) is 33.3. The zero-order valence-corrected chi connectivity index (χ0v) is 30.3. The number of rotatable bonds is 35. The van der Waals surface area contributed by atoms with Crippen LogP contribution in [0.5, 0.6) is 0 Å². The SMILES string of the molecule is CCCCCCCCCCC/C=C/[C@@H](O)[C@H](COP(=O)(O)OCCN)NC(=O)CCCCCCCCCCCCCCCCC. The molecule has 0 saturated heterocycles. The van der Waals surface area contributed by atoms with Crippen LogP contribution in [0.1, 0.15) is 181 Å². The first-order valence-corrected chi connectivity index (χ1v) is 20.3. The van der Waals surface area contributed by atoms with Crippen LogP contribution < -0.4 is 11.1 Å². The molecule has 0 aliphatic rings. The molecule has 0 aromatic carbocycles. The lowest BCUT2D eigenvalue weighted by Gasteiger charge is -2.23. The Morgan fingerprint density at radius 3 is 1.58 bits per heavy atom. The summed E-state index contributed by atoms with van der Waals surface area (Å²) in [7, 11) is -4.32. The smallest absolute Gasteiger partial charge is 0.387 e. The van der Waals surface area contributed by atoms with Crippen molar-refractivity contribution in [2.75, 3.05) is 19.8 Å². The third-order valence-electron chi connectivity index (χ3n) is 8.36. The second kappa shape index (κ2) is 33.2. The number of unbranched alkanes of at least 4 members (excludes halogenated alkanes) is 23. The number of phosphoric ester groups is 1. The molecule has 9 heteroatoms. The summed E-state index contributed by atoms with van der Waals surface area (Å²) in [6, 6.07) is -0.852. The first kappa shape index (κ1) is 44.2. The topological polar surface area (TPSA) is 131 Å². The summed E-state index contributed by atoms with van der Waals surface area (Å²) in [5, 5.41) is 13.6. The lowest BCUT2D eigenvalue weighted by atomic mass is 10.0. The van der Waals surface area contributed by atoms with E-state index in [0.717, 1.165) is 38.5 Å². The predicted molar refractivity (Wildman–Crippen MR) is 189 cm³/mol. The van der Waals surface area contributed by atoms with Gasteiger partial charge in [0.05, 0.1) is 25.4 Å². The zero-order valence-electron chi connectivity index (χ0n) is 29.4. The number of aliphatic hydroxyl groups excluding tert-OH is 1. The van der Waals surface area contributed by atoms with Crippen LogP contribution in [0, 0.1) is 0 Å².